The predicted octanol–water partition coefficient (Wildman–Crippen LogP) is 3.52. The SMILES string of the molecule is CC1(C)c2cc(Cl)ccc2C(=O)N1c1cncc(C2CN(S(=O)(=O)C3CC3)C2)c1. The molecule has 1 aromatic carbocycles. The normalized spacial score (nSPS) is 21.9. The van der Waals surface area contributed by atoms with E-state index in [0.29, 0.717) is 29.4 Å². The summed E-state index contributed by atoms with van der Waals surface area (Å²) in [6.07, 6.45) is 5.01. The largest absolute Gasteiger partial charge is 0.297 e. The number of sulfonamides is 1. The van der Waals surface area contributed by atoms with Crippen LogP contribution in [0.3, 0.4) is 0 Å². The van der Waals surface area contributed by atoms with Gasteiger partial charge in [-0.15, -0.1) is 0 Å². The Hall–Kier alpha value is -1.96. The molecule has 152 valence electrons. The summed E-state index contributed by atoms with van der Waals surface area (Å²) in [4.78, 5) is 19.2. The number of carbonyl (C=O) groups excluding carboxylic acids is 1. The van der Waals surface area contributed by atoms with Crippen LogP contribution in [0.2, 0.25) is 5.02 Å². The molecule has 0 N–H and O–H groups in total. The number of rotatable bonds is 4. The summed E-state index contributed by atoms with van der Waals surface area (Å²) in [5.74, 6) is 0.0285. The number of carbonyl (C=O) groups is 1. The van der Waals surface area contributed by atoms with Gasteiger partial charge in [-0.3, -0.25) is 14.7 Å². The topological polar surface area (TPSA) is 70.6 Å². The first-order valence-corrected chi connectivity index (χ1v) is 11.7. The van der Waals surface area contributed by atoms with Gasteiger partial charge < -0.3 is 0 Å². The van der Waals surface area contributed by atoms with Crippen LogP contribution in [0, 0.1) is 0 Å². The number of hydrogen-bond acceptors (Lipinski definition) is 4. The van der Waals surface area contributed by atoms with Crippen LogP contribution >= 0.6 is 11.6 Å². The maximum atomic E-state index is 13.1. The van der Waals surface area contributed by atoms with Gasteiger partial charge in [0.05, 0.1) is 22.7 Å². The second-order valence-electron chi connectivity index (χ2n) is 8.62. The summed E-state index contributed by atoms with van der Waals surface area (Å²) in [6.45, 7) is 4.95. The number of anilines is 1. The zero-order chi connectivity index (χ0) is 20.6. The fraction of sp³-hybridized carbons (Fsp3) is 0.429. The Morgan fingerprint density at radius 1 is 1.14 bits per heavy atom. The maximum Gasteiger partial charge on any atom is 0.259 e. The number of aromatic nitrogens is 1. The fourth-order valence-electron chi connectivity index (χ4n) is 4.37. The number of benzene rings is 1. The van der Waals surface area contributed by atoms with Crippen molar-refractivity contribution in [2.45, 2.75) is 43.4 Å². The third-order valence-electron chi connectivity index (χ3n) is 6.26. The van der Waals surface area contributed by atoms with Crippen LogP contribution in [0.15, 0.2) is 36.7 Å². The predicted molar refractivity (Wildman–Crippen MR) is 112 cm³/mol. The van der Waals surface area contributed by atoms with Crippen LogP contribution in [0.1, 0.15) is 54.1 Å². The molecule has 0 atom stereocenters. The van der Waals surface area contributed by atoms with E-state index in [1.54, 1.807) is 33.7 Å². The van der Waals surface area contributed by atoms with Crippen LogP contribution < -0.4 is 4.90 Å². The van der Waals surface area contributed by atoms with Crippen LogP contribution in [0.5, 0.6) is 0 Å². The zero-order valence-corrected chi connectivity index (χ0v) is 17.9. The Balaban J connectivity index is 1.42. The molecular formula is C21H22ClN3O3S. The van der Waals surface area contributed by atoms with E-state index in [4.69, 9.17) is 11.6 Å². The lowest BCUT2D eigenvalue weighted by molar-refractivity contribution is 0.0982. The number of fused-ring (bicyclic) bond motifs is 1. The van der Waals surface area contributed by atoms with Crippen molar-refractivity contribution in [1.82, 2.24) is 9.29 Å². The van der Waals surface area contributed by atoms with Crippen LogP contribution in [0.25, 0.3) is 0 Å². The molecule has 0 unspecified atom stereocenters. The van der Waals surface area contributed by atoms with Crippen LogP contribution in [-0.2, 0) is 15.6 Å². The molecule has 2 fully saturated rings. The average molecular weight is 432 g/mol. The lowest BCUT2D eigenvalue weighted by Crippen LogP contribution is -2.49. The van der Waals surface area contributed by atoms with Gasteiger partial charge in [0.2, 0.25) is 10.0 Å². The van der Waals surface area contributed by atoms with Crippen molar-refractivity contribution in [3.05, 3.63) is 58.4 Å². The Morgan fingerprint density at radius 3 is 2.55 bits per heavy atom. The molecule has 0 bridgehead atoms. The highest BCUT2D eigenvalue weighted by atomic mass is 35.5. The van der Waals surface area contributed by atoms with Crippen molar-refractivity contribution < 1.29 is 13.2 Å². The second-order valence-corrected chi connectivity index (χ2v) is 11.3. The summed E-state index contributed by atoms with van der Waals surface area (Å²) >= 11 is 6.17. The van der Waals surface area contributed by atoms with Gasteiger partial charge >= 0.3 is 0 Å². The summed E-state index contributed by atoms with van der Waals surface area (Å²) in [7, 11) is -3.13. The first-order valence-electron chi connectivity index (χ1n) is 9.78. The molecule has 8 heteroatoms. The van der Waals surface area contributed by atoms with Gasteiger partial charge in [-0.05, 0) is 62.1 Å². The van der Waals surface area contributed by atoms with E-state index in [1.165, 1.54) is 0 Å². The summed E-state index contributed by atoms with van der Waals surface area (Å²) < 4.78 is 26.3. The molecule has 1 saturated carbocycles. The van der Waals surface area contributed by atoms with Gasteiger partial charge in [0.1, 0.15) is 0 Å². The molecule has 29 heavy (non-hydrogen) atoms. The Kier molecular flexibility index (Phi) is 4.11. The smallest absolute Gasteiger partial charge is 0.259 e. The molecule has 1 amide bonds. The Bertz CT molecular complexity index is 1120. The number of hydrogen-bond donors (Lipinski definition) is 0. The summed E-state index contributed by atoms with van der Waals surface area (Å²) in [6, 6.07) is 7.31. The Labute approximate surface area is 175 Å². The van der Waals surface area contributed by atoms with Crippen molar-refractivity contribution in [2.24, 2.45) is 0 Å². The molecule has 3 aliphatic rings. The van der Waals surface area contributed by atoms with E-state index >= 15 is 0 Å². The van der Waals surface area contributed by atoms with Gasteiger partial charge in [-0.1, -0.05) is 11.6 Å². The van der Waals surface area contributed by atoms with E-state index in [2.05, 4.69) is 4.98 Å². The van der Waals surface area contributed by atoms with E-state index in [1.807, 2.05) is 26.0 Å². The number of pyridine rings is 1. The van der Waals surface area contributed by atoms with Crippen molar-refractivity contribution in [2.75, 3.05) is 18.0 Å². The molecule has 2 aromatic rings. The molecule has 0 radical (unpaired) electrons. The second kappa shape index (κ2) is 6.27. The maximum absolute atomic E-state index is 13.1. The zero-order valence-electron chi connectivity index (χ0n) is 16.3. The molecule has 1 saturated heterocycles. The van der Waals surface area contributed by atoms with E-state index in [9.17, 15) is 13.2 Å². The highest BCUT2D eigenvalue weighted by Gasteiger charge is 2.46. The van der Waals surface area contributed by atoms with Crippen molar-refractivity contribution >= 4 is 33.2 Å². The summed E-state index contributed by atoms with van der Waals surface area (Å²) in [5.41, 5.74) is 2.66. The molecule has 2 aliphatic heterocycles. The van der Waals surface area contributed by atoms with Gasteiger partial charge in [0.25, 0.3) is 5.91 Å². The molecule has 3 heterocycles. The number of nitrogens with zero attached hydrogens (tertiary/aromatic N) is 3. The monoisotopic (exact) mass is 431 g/mol. The van der Waals surface area contributed by atoms with Crippen molar-refractivity contribution in [3.8, 4) is 0 Å². The fourth-order valence-corrected chi connectivity index (χ4v) is 6.47. The van der Waals surface area contributed by atoms with E-state index in [0.717, 1.165) is 24.0 Å². The molecule has 1 aliphatic carbocycles. The van der Waals surface area contributed by atoms with E-state index < -0.39 is 15.6 Å². The van der Waals surface area contributed by atoms with Gasteiger partial charge in [-0.25, -0.2) is 12.7 Å². The van der Waals surface area contributed by atoms with Gasteiger partial charge in [-0.2, -0.15) is 0 Å². The minimum absolute atomic E-state index is 0.0767. The van der Waals surface area contributed by atoms with Gasteiger partial charge in [0.15, 0.2) is 0 Å². The Morgan fingerprint density at radius 2 is 1.86 bits per heavy atom. The first kappa shape index (κ1) is 19.0. The quantitative estimate of drug-likeness (QED) is 0.742. The van der Waals surface area contributed by atoms with Crippen molar-refractivity contribution in [3.63, 3.8) is 0 Å². The lowest BCUT2D eigenvalue weighted by Gasteiger charge is -2.39. The average Bonchev–Trinajstić information content (AvgIpc) is 3.43. The van der Waals surface area contributed by atoms with E-state index in [-0.39, 0.29) is 17.1 Å². The standard InChI is InChI=1S/C21H22ClN3O3S/c1-21(2)19-8-15(22)3-6-18(19)20(26)25(21)16-7-13(9-23-10-16)14-11-24(12-14)29(27,28)17-4-5-17/h3,6-10,14,17H,4-5,11-12H2,1-2H3. The molecular weight excluding hydrogens is 410 g/mol. The first-order chi connectivity index (χ1) is 13.7. The van der Waals surface area contributed by atoms with Gasteiger partial charge in [0, 0.05) is 35.8 Å². The minimum atomic E-state index is -3.13. The molecule has 5 rings (SSSR count). The third-order valence-corrected chi connectivity index (χ3v) is 8.83. The highest BCUT2D eigenvalue weighted by molar-refractivity contribution is 7.90. The van der Waals surface area contributed by atoms with Crippen molar-refractivity contribution in [1.29, 1.82) is 0 Å². The highest BCUT2D eigenvalue weighted by Crippen LogP contribution is 2.44. The van der Waals surface area contributed by atoms with Crippen LogP contribution in [0.4, 0.5) is 5.69 Å². The number of amides is 1. The third kappa shape index (κ3) is 2.90. The van der Waals surface area contributed by atoms with Crippen LogP contribution in [-0.4, -0.2) is 42.0 Å². The molecule has 6 nitrogen and oxygen atoms in total. The lowest BCUT2D eigenvalue weighted by atomic mass is 9.92. The minimum Gasteiger partial charge on any atom is -0.297 e. The molecule has 0 spiro atoms. The number of halogens is 1. The molecule has 1 aromatic heterocycles. The summed E-state index contributed by atoms with van der Waals surface area (Å²) in [5, 5.41) is 0.422.